The van der Waals surface area contributed by atoms with Crippen molar-refractivity contribution < 1.29 is 4.79 Å². The van der Waals surface area contributed by atoms with Gasteiger partial charge in [0.15, 0.2) is 5.13 Å². The lowest BCUT2D eigenvalue weighted by Gasteiger charge is -2.13. The van der Waals surface area contributed by atoms with E-state index in [1.807, 2.05) is 24.3 Å². The largest absolute Gasteiger partial charge is 0.301 e. The monoisotopic (exact) mass is 366 g/mol. The van der Waals surface area contributed by atoms with E-state index in [9.17, 15) is 4.79 Å². The van der Waals surface area contributed by atoms with Gasteiger partial charge in [0, 0.05) is 16.2 Å². The van der Waals surface area contributed by atoms with E-state index >= 15 is 0 Å². The highest BCUT2D eigenvalue weighted by Gasteiger charge is 2.21. The molecule has 5 heteroatoms. The molecule has 0 unspecified atom stereocenters. The number of anilines is 1. The van der Waals surface area contributed by atoms with Crippen LogP contribution in [0.2, 0.25) is 0 Å². The summed E-state index contributed by atoms with van der Waals surface area (Å²) in [5.74, 6) is 1.30. The van der Waals surface area contributed by atoms with E-state index in [-0.39, 0.29) is 5.91 Å². The van der Waals surface area contributed by atoms with Crippen LogP contribution in [0, 0.1) is 0 Å². The minimum absolute atomic E-state index is 0.0142. The lowest BCUT2D eigenvalue weighted by molar-refractivity contribution is -0.113. The minimum Gasteiger partial charge on any atom is -0.301 e. The molecule has 0 radical (unpaired) electrons. The van der Waals surface area contributed by atoms with E-state index in [1.54, 1.807) is 23.1 Å². The van der Waals surface area contributed by atoms with Crippen molar-refractivity contribution in [1.29, 1.82) is 0 Å². The Morgan fingerprint density at radius 1 is 1.08 bits per heavy atom. The maximum Gasteiger partial charge on any atom is 0.236 e. The third-order valence-electron chi connectivity index (χ3n) is 4.18. The Hall–Kier alpha value is -2.11. The van der Waals surface area contributed by atoms with E-state index in [4.69, 9.17) is 0 Å². The fourth-order valence-corrected chi connectivity index (χ4v) is 4.77. The van der Waals surface area contributed by atoms with E-state index in [0.717, 1.165) is 24.3 Å². The Balaban J connectivity index is 1.38. The Morgan fingerprint density at radius 2 is 1.88 bits per heavy atom. The smallest absolute Gasteiger partial charge is 0.236 e. The molecular formula is C20H18N2OS2. The minimum atomic E-state index is 0.0142. The van der Waals surface area contributed by atoms with Crippen molar-refractivity contribution in [2.24, 2.45) is 0 Å². The Kier molecular flexibility index (Phi) is 4.85. The molecule has 1 aliphatic rings. The summed E-state index contributed by atoms with van der Waals surface area (Å²) >= 11 is 3.23. The van der Waals surface area contributed by atoms with Crippen LogP contribution in [-0.4, -0.2) is 16.6 Å². The zero-order valence-corrected chi connectivity index (χ0v) is 15.3. The molecule has 126 valence electrons. The van der Waals surface area contributed by atoms with Crippen molar-refractivity contribution in [3.8, 4) is 11.3 Å². The molecule has 25 heavy (non-hydrogen) atoms. The Labute approximate surface area is 155 Å². The highest BCUT2D eigenvalue weighted by Crippen LogP contribution is 2.37. The van der Waals surface area contributed by atoms with Gasteiger partial charge in [-0.3, -0.25) is 4.79 Å². The molecule has 1 N–H and O–H groups in total. The summed E-state index contributed by atoms with van der Waals surface area (Å²) in [5.41, 5.74) is 4.83. The summed E-state index contributed by atoms with van der Waals surface area (Å²) in [5, 5.41) is 3.68. The van der Waals surface area contributed by atoms with E-state index in [0.29, 0.717) is 10.9 Å². The number of nitrogens with one attached hydrogen (secondary N) is 1. The van der Waals surface area contributed by atoms with Gasteiger partial charge in [-0.15, -0.1) is 23.1 Å². The predicted octanol–water partition coefficient (Wildman–Crippen LogP) is 4.78. The third-order valence-corrected chi connectivity index (χ3v) is 6.22. The molecule has 0 spiro atoms. The van der Waals surface area contributed by atoms with Gasteiger partial charge in [-0.1, -0.05) is 54.6 Å². The van der Waals surface area contributed by atoms with Crippen molar-refractivity contribution >= 4 is 34.1 Å². The summed E-state index contributed by atoms with van der Waals surface area (Å²) in [6.45, 7) is 0. The van der Waals surface area contributed by atoms with Crippen LogP contribution in [-0.2, 0) is 23.4 Å². The number of nitrogens with zero attached hydrogens (tertiary/aromatic N) is 1. The second-order valence-electron chi connectivity index (χ2n) is 5.97. The molecule has 2 aromatic carbocycles. The standard InChI is InChI=1S/C20H18N2OS2/c23-18(13-24-12-14-6-2-1-3-7-14)21-20-22-19-16-9-5-4-8-15(16)10-11-17(19)25-20/h1-9H,10-13H2,(H,21,22,23). The van der Waals surface area contributed by atoms with E-state index < -0.39 is 0 Å². The van der Waals surface area contributed by atoms with Gasteiger partial charge in [0.25, 0.3) is 0 Å². The van der Waals surface area contributed by atoms with Crippen LogP contribution in [0.4, 0.5) is 5.13 Å². The highest BCUT2D eigenvalue weighted by atomic mass is 32.2. The lowest BCUT2D eigenvalue weighted by Crippen LogP contribution is -2.14. The molecule has 0 fully saturated rings. The summed E-state index contributed by atoms with van der Waals surface area (Å²) < 4.78 is 0. The molecule has 0 saturated carbocycles. The molecule has 0 saturated heterocycles. The zero-order valence-electron chi connectivity index (χ0n) is 13.7. The molecule has 1 heterocycles. The molecule has 0 aliphatic heterocycles. The van der Waals surface area contributed by atoms with Crippen LogP contribution < -0.4 is 5.32 Å². The lowest BCUT2D eigenvalue weighted by atomic mass is 9.94. The summed E-state index contributed by atoms with van der Waals surface area (Å²) in [6, 6.07) is 18.6. The maximum absolute atomic E-state index is 12.2. The van der Waals surface area contributed by atoms with Gasteiger partial charge in [0.2, 0.25) is 5.91 Å². The summed E-state index contributed by atoms with van der Waals surface area (Å²) in [4.78, 5) is 18.1. The average molecular weight is 367 g/mol. The molecule has 3 nitrogen and oxygen atoms in total. The van der Waals surface area contributed by atoms with E-state index in [2.05, 4.69) is 40.6 Å². The van der Waals surface area contributed by atoms with Crippen molar-refractivity contribution in [1.82, 2.24) is 4.98 Å². The average Bonchev–Trinajstić information content (AvgIpc) is 3.05. The van der Waals surface area contributed by atoms with Gasteiger partial charge in [-0.05, 0) is 24.0 Å². The molecular weight excluding hydrogens is 348 g/mol. The van der Waals surface area contributed by atoms with Gasteiger partial charge < -0.3 is 5.32 Å². The van der Waals surface area contributed by atoms with Crippen molar-refractivity contribution in [2.45, 2.75) is 18.6 Å². The first-order valence-electron chi connectivity index (χ1n) is 8.29. The molecule has 0 atom stereocenters. The number of rotatable bonds is 5. The second kappa shape index (κ2) is 7.42. The van der Waals surface area contributed by atoms with Crippen molar-refractivity contribution in [2.75, 3.05) is 11.1 Å². The van der Waals surface area contributed by atoms with Crippen LogP contribution in [0.3, 0.4) is 0 Å². The number of aryl methyl sites for hydroxylation is 2. The molecule has 0 bridgehead atoms. The number of carbonyl (C=O) groups excluding carboxylic acids is 1. The quantitative estimate of drug-likeness (QED) is 0.706. The fourth-order valence-electron chi connectivity index (χ4n) is 2.99. The first-order chi connectivity index (χ1) is 12.3. The third kappa shape index (κ3) is 3.78. The topological polar surface area (TPSA) is 42.0 Å². The molecule has 3 aromatic rings. The van der Waals surface area contributed by atoms with Gasteiger partial charge in [0.1, 0.15) is 0 Å². The summed E-state index contributed by atoms with van der Waals surface area (Å²) in [6.07, 6.45) is 2.05. The number of thioether (sulfide) groups is 1. The van der Waals surface area contributed by atoms with Gasteiger partial charge >= 0.3 is 0 Å². The number of aromatic nitrogens is 1. The Bertz CT molecular complexity index is 890. The van der Waals surface area contributed by atoms with Gasteiger partial charge in [-0.2, -0.15) is 0 Å². The SMILES string of the molecule is O=C(CSCc1ccccc1)Nc1nc2c(s1)CCc1ccccc1-2. The zero-order chi connectivity index (χ0) is 17.1. The Morgan fingerprint density at radius 3 is 2.76 bits per heavy atom. The van der Waals surface area contributed by atoms with Gasteiger partial charge in [0.05, 0.1) is 11.4 Å². The molecule has 1 aromatic heterocycles. The van der Waals surface area contributed by atoms with Crippen LogP contribution in [0.15, 0.2) is 54.6 Å². The first-order valence-corrected chi connectivity index (χ1v) is 10.3. The maximum atomic E-state index is 12.2. The number of hydrogen-bond donors (Lipinski definition) is 1. The van der Waals surface area contributed by atoms with Crippen LogP contribution in [0.5, 0.6) is 0 Å². The molecule has 1 aliphatic carbocycles. The summed E-state index contributed by atoms with van der Waals surface area (Å²) in [7, 11) is 0. The number of amides is 1. The highest BCUT2D eigenvalue weighted by molar-refractivity contribution is 7.99. The first kappa shape index (κ1) is 16.4. The van der Waals surface area contributed by atoms with Crippen LogP contribution in [0.1, 0.15) is 16.0 Å². The van der Waals surface area contributed by atoms with Crippen LogP contribution in [0.25, 0.3) is 11.3 Å². The van der Waals surface area contributed by atoms with Crippen molar-refractivity contribution in [3.63, 3.8) is 0 Å². The molecule has 1 amide bonds. The van der Waals surface area contributed by atoms with Gasteiger partial charge in [-0.25, -0.2) is 4.98 Å². The number of thiazole rings is 1. The second-order valence-corrected chi connectivity index (χ2v) is 8.04. The number of fused-ring (bicyclic) bond motifs is 3. The molecule has 4 rings (SSSR count). The van der Waals surface area contributed by atoms with Crippen molar-refractivity contribution in [3.05, 3.63) is 70.6 Å². The predicted molar refractivity (Wildman–Crippen MR) is 106 cm³/mol. The van der Waals surface area contributed by atoms with E-state index in [1.165, 1.54) is 21.6 Å². The van der Waals surface area contributed by atoms with Crippen LogP contribution >= 0.6 is 23.1 Å². The number of hydrogen-bond acceptors (Lipinski definition) is 4. The fraction of sp³-hybridized carbons (Fsp3) is 0.200. The number of benzene rings is 2. The normalized spacial score (nSPS) is 12.3. The number of carbonyl (C=O) groups is 1.